The lowest BCUT2D eigenvalue weighted by atomic mass is 9.96. The van der Waals surface area contributed by atoms with E-state index in [4.69, 9.17) is 9.47 Å². The molecule has 32 heavy (non-hydrogen) atoms. The van der Waals surface area contributed by atoms with Gasteiger partial charge in [-0.3, -0.25) is 25.2 Å². The van der Waals surface area contributed by atoms with Gasteiger partial charge in [0, 0.05) is 25.1 Å². The Bertz CT molecular complexity index is 1000. The van der Waals surface area contributed by atoms with Gasteiger partial charge in [-0.1, -0.05) is 42.5 Å². The molecule has 2 N–H and O–H groups in total. The summed E-state index contributed by atoms with van der Waals surface area (Å²) in [6.07, 6.45) is 3.56. The number of likely N-dealkylation sites (tertiary alicyclic amines) is 1. The van der Waals surface area contributed by atoms with Crippen molar-refractivity contribution in [1.29, 1.82) is 0 Å². The molecule has 1 fully saturated rings. The van der Waals surface area contributed by atoms with E-state index >= 15 is 0 Å². The lowest BCUT2D eigenvalue weighted by molar-refractivity contribution is -0.137. The van der Waals surface area contributed by atoms with Crippen molar-refractivity contribution in [2.24, 2.45) is 5.92 Å². The van der Waals surface area contributed by atoms with Crippen LogP contribution in [0, 0.1) is 5.92 Å². The summed E-state index contributed by atoms with van der Waals surface area (Å²) in [7, 11) is 0. The quantitative estimate of drug-likeness (QED) is 0.565. The van der Waals surface area contributed by atoms with Crippen molar-refractivity contribution in [2.45, 2.75) is 18.9 Å². The van der Waals surface area contributed by atoms with E-state index in [0.717, 1.165) is 5.56 Å². The van der Waals surface area contributed by atoms with Crippen LogP contribution >= 0.6 is 0 Å². The van der Waals surface area contributed by atoms with E-state index in [1.54, 1.807) is 35.3 Å². The Labute approximate surface area is 186 Å². The maximum absolute atomic E-state index is 12.5. The summed E-state index contributed by atoms with van der Waals surface area (Å²) in [4.78, 5) is 38.9. The number of nitrogens with zero attached hydrogens (tertiary/aromatic N) is 1. The molecule has 2 heterocycles. The Morgan fingerprint density at radius 1 is 0.875 bits per heavy atom. The first-order valence-corrected chi connectivity index (χ1v) is 10.6. The number of carbonyl (C=O) groups is 3. The van der Waals surface area contributed by atoms with E-state index in [1.807, 2.05) is 36.4 Å². The zero-order valence-corrected chi connectivity index (χ0v) is 17.5. The second-order valence-electron chi connectivity index (χ2n) is 7.69. The molecule has 3 amide bonds. The smallest absolute Gasteiger partial charge is 0.283 e. The molecule has 8 heteroatoms. The van der Waals surface area contributed by atoms with Gasteiger partial charge in [0.2, 0.25) is 17.9 Å². The highest BCUT2D eigenvalue weighted by atomic mass is 16.6. The average Bonchev–Trinajstić information content (AvgIpc) is 2.86. The molecular formula is C24H25N3O5. The summed E-state index contributed by atoms with van der Waals surface area (Å²) in [5.74, 6) is -0.0320. The Morgan fingerprint density at radius 2 is 1.53 bits per heavy atom. The predicted octanol–water partition coefficient (Wildman–Crippen LogP) is 1.93. The molecule has 0 saturated carbocycles. The number of fused-ring (bicyclic) bond motifs is 1. The van der Waals surface area contributed by atoms with Crippen molar-refractivity contribution < 1.29 is 23.9 Å². The van der Waals surface area contributed by atoms with Gasteiger partial charge in [0.1, 0.15) is 6.61 Å². The number of benzene rings is 2. The molecule has 1 atom stereocenters. The Hall–Kier alpha value is -3.81. The minimum absolute atomic E-state index is 0.0652. The van der Waals surface area contributed by atoms with Crippen molar-refractivity contribution >= 4 is 23.8 Å². The molecule has 166 valence electrons. The molecule has 0 spiro atoms. The zero-order valence-electron chi connectivity index (χ0n) is 17.5. The number of carbonyl (C=O) groups excluding carboxylic acids is 3. The van der Waals surface area contributed by atoms with Gasteiger partial charge >= 0.3 is 0 Å². The third kappa shape index (κ3) is 5.26. The second-order valence-corrected chi connectivity index (χ2v) is 7.69. The van der Waals surface area contributed by atoms with Crippen LogP contribution in [0.1, 0.15) is 18.4 Å². The minimum atomic E-state index is -0.846. The highest BCUT2D eigenvalue weighted by molar-refractivity contribution is 5.92. The van der Waals surface area contributed by atoms with Gasteiger partial charge in [0.05, 0.1) is 0 Å². The van der Waals surface area contributed by atoms with Crippen LogP contribution in [0.4, 0.5) is 0 Å². The number of nitrogens with one attached hydrogen (secondary N) is 2. The van der Waals surface area contributed by atoms with Crippen LogP contribution in [0.3, 0.4) is 0 Å². The first kappa shape index (κ1) is 21.4. The third-order valence-electron chi connectivity index (χ3n) is 5.51. The van der Waals surface area contributed by atoms with E-state index in [9.17, 15) is 14.4 Å². The van der Waals surface area contributed by atoms with Gasteiger partial charge in [0.15, 0.2) is 11.5 Å². The first-order valence-electron chi connectivity index (χ1n) is 10.6. The molecule has 2 aromatic rings. The standard InChI is InChI=1S/C24H25N3O5/c28-22(11-10-17-6-2-1-3-7-17)27-14-12-18(13-15-27)23(29)25-26-24(30)21-16-31-19-8-4-5-9-20(19)32-21/h1-11,18,21H,12-16H2,(H,25,29)(H,26,30)/b11-10+. The van der Waals surface area contributed by atoms with Crippen LogP contribution in [0.25, 0.3) is 6.08 Å². The monoisotopic (exact) mass is 435 g/mol. The van der Waals surface area contributed by atoms with Crippen LogP contribution in [0.5, 0.6) is 11.5 Å². The van der Waals surface area contributed by atoms with Crippen LogP contribution in [-0.4, -0.2) is 48.4 Å². The molecular weight excluding hydrogens is 410 g/mol. The molecule has 1 saturated heterocycles. The lowest BCUT2D eigenvalue weighted by Gasteiger charge is -2.31. The fourth-order valence-corrected chi connectivity index (χ4v) is 3.65. The van der Waals surface area contributed by atoms with Gasteiger partial charge in [-0.2, -0.15) is 0 Å². The van der Waals surface area contributed by atoms with E-state index in [-0.39, 0.29) is 24.3 Å². The fourth-order valence-electron chi connectivity index (χ4n) is 3.65. The summed E-state index contributed by atoms with van der Waals surface area (Å²) in [5, 5.41) is 0. The number of ether oxygens (including phenoxy) is 2. The first-order chi connectivity index (χ1) is 15.6. The van der Waals surface area contributed by atoms with Crippen molar-refractivity contribution in [3.05, 3.63) is 66.2 Å². The molecule has 0 aliphatic carbocycles. The summed E-state index contributed by atoms with van der Waals surface area (Å²) in [5.41, 5.74) is 5.85. The Morgan fingerprint density at radius 3 is 2.28 bits per heavy atom. The molecule has 0 radical (unpaired) electrons. The summed E-state index contributed by atoms with van der Waals surface area (Å²) < 4.78 is 11.1. The molecule has 4 rings (SSSR count). The molecule has 2 aliphatic rings. The van der Waals surface area contributed by atoms with Crippen molar-refractivity contribution in [2.75, 3.05) is 19.7 Å². The largest absolute Gasteiger partial charge is 0.485 e. The number of hydrazine groups is 1. The van der Waals surface area contributed by atoms with Crippen LogP contribution in [0.2, 0.25) is 0 Å². The third-order valence-corrected chi connectivity index (χ3v) is 5.51. The molecule has 2 aliphatic heterocycles. The van der Waals surface area contributed by atoms with Gasteiger partial charge in [-0.05, 0) is 36.6 Å². The number of piperidine rings is 1. The van der Waals surface area contributed by atoms with Gasteiger partial charge in [-0.15, -0.1) is 0 Å². The highest BCUT2D eigenvalue weighted by Gasteiger charge is 2.30. The van der Waals surface area contributed by atoms with Crippen LogP contribution in [-0.2, 0) is 14.4 Å². The summed E-state index contributed by atoms with van der Waals surface area (Å²) in [6, 6.07) is 16.7. The van der Waals surface area contributed by atoms with Crippen molar-refractivity contribution in [1.82, 2.24) is 15.8 Å². The van der Waals surface area contributed by atoms with Crippen LogP contribution in [0.15, 0.2) is 60.7 Å². The number of rotatable bonds is 4. The van der Waals surface area contributed by atoms with Crippen molar-refractivity contribution in [3.8, 4) is 11.5 Å². The van der Waals surface area contributed by atoms with Crippen molar-refractivity contribution in [3.63, 3.8) is 0 Å². The minimum Gasteiger partial charge on any atom is -0.485 e. The predicted molar refractivity (Wildman–Crippen MR) is 117 cm³/mol. The van der Waals surface area contributed by atoms with Crippen LogP contribution < -0.4 is 20.3 Å². The fraction of sp³-hybridized carbons (Fsp3) is 0.292. The second kappa shape index (κ2) is 10.00. The molecule has 2 aromatic carbocycles. The Kier molecular flexibility index (Phi) is 6.69. The van der Waals surface area contributed by atoms with Gasteiger partial charge in [0.25, 0.3) is 5.91 Å². The van der Waals surface area contributed by atoms with E-state index in [2.05, 4.69) is 10.9 Å². The topological polar surface area (TPSA) is 97.0 Å². The molecule has 1 unspecified atom stereocenters. The summed E-state index contributed by atoms with van der Waals surface area (Å²) in [6.45, 7) is 1.04. The number of hydrogen-bond acceptors (Lipinski definition) is 5. The van der Waals surface area contributed by atoms with E-state index < -0.39 is 12.0 Å². The zero-order chi connectivity index (χ0) is 22.3. The van der Waals surface area contributed by atoms with Gasteiger partial charge < -0.3 is 14.4 Å². The van der Waals surface area contributed by atoms with E-state index in [0.29, 0.717) is 37.4 Å². The molecule has 0 aromatic heterocycles. The van der Waals surface area contributed by atoms with E-state index in [1.165, 1.54) is 0 Å². The maximum atomic E-state index is 12.5. The number of para-hydroxylation sites is 2. The van der Waals surface area contributed by atoms with Gasteiger partial charge in [-0.25, -0.2) is 0 Å². The number of amides is 3. The normalized spacial score (nSPS) is 18.2. The Balaban J connectivity index is 1.20. The SMILES string of the molecule is O=C(NNC(=O)C1COc2ccccc2O1)C1CCN(C(=O)/C=C/c2ccccc2)CC1. The lowest BCUT2D eigenvalue weighted by Crippen LogP contribution is -2.53. The maximum Gasteiger partial charge on any atom is 0.283 e. The molecule has 0 bridgehead atoms. The summed E-state index contributed by atoms with van der Waals surface area (Å²) >= 11 is 0. The average molecular weight is 435 g/mol. The molecule has 8 nitrogen and oxygen atoms in total. The number of hydrogen-bond donors (Lipinski definition) is 2. The highest BCUT2D eigenvalue weighted by Crippen LogP contribution is 2.30.